The molecule has 0 unspecified atom stereocenters. The molecule has 0 saturated heterocycles. The highest BCUT2D eigenvalue weighted by Crippen LogP contribution is 2.14. The summed E-state index contributed by atoms with van der Waals surface area (Å²) >= 11 is 5.60. The van der Waals surface area contributed by atoms with E-state index in [2.05, 4.69) is 12.0 Å². The summed E-state index contributed by atoms with van der Waals surface area (Å²) in [5, 5.41) is 3.12. The number of ether oxygens (including phenoxy) is 1. The van der Waals surface area contributed by atoms with Crippen molar-refractivity contribution >= 4 is 11.6 Å². The zero-order chi connectivity index (χ0) is 14.4. The number of halogens is 1. The molecule has 1 aromatic carbocycles. The van der Waals surface area contributed by atoms with E-state index in [0.29, 0.717) is 12.5 Å². The predicted octanol–water partition coefficient (Wildman–Crippen LogP) is 3.13. The molecule has 0 fully saturated rings. The number of nitrogens with one attached hydrogen (secondary N) is 1. The van der Waals surface area contributed by atoms with Crippen LogP contribution in [0.4, 0.5) is 0 Å². The molecule has 0 aliphatic rings. The first-order chi connectivity index (χ1) is 9.74. The lowest BCUT2D eigenvalue weighted by molar-refractivity contribution is 0.318. The Hall–Kier alpha value is -1.68. The molecule has 5 heteroatoms. The van der Waals surface area contributed by atoms with Crippen LogP contribution >= 0.6 is 11.6 Å². The zero-order valence-corrected chi connectivity index (χ0v) is 12.3. The van der Waals surface area contributed by atoms with Crippen molar-refractivity contribution in [2.45, 2.75) is 26.2 Å². The van der Waals surface area contributed by atoms with Gasteiger partial charge in [0.05, 0.1) is 12.3 Å². The Kier molecular flexibility index (Phi) is 5.30. The fourth-order valence-corrected chi connectivity index (χ4v) is 2.08. The maximum Gasteiger partial charge on any atom is 0.271 e. The van der Waals surface area contributed by atoms with E-state index in [-0.39, 0.29) is 5.56 Å². The van der Waals surface area contributed by atoms with Crippen molar-refractivity contribution < 1.29 is 4.74 Å². The van der Waals surface area contributed by atoms with Crippen LogP contribution in [0.25, 0.3) is 5.69 Å². The fourth-order valence-electron chi connectivity index (χ4n) is 1.97. The van der Waals surface area contributed by atoms with Gasteiger partial charge in [-0.25, -0.2) is 4.68 Å². The van der Waals surface area contributed by atoms with Crippen LogP contribution in [0, 0.1) is 0 Å². The van der Waals surface area contributed by atoms with Crippen molar-refractivity contribution in [1.82, 2.24) is 9.78 Å². The molecular weight excluding hydrogens is 276 g/mol. The third-order valence-electron chi connectivity index (χ3n) is 2.93. The Labute approximate surface area is 123 Å². The number of aryl methyl sites for hydroxylation is 1. The van der Waals surface area contributed by atoms with Crippen molar-refractivity contribution in [2.24, 2.45) is 0 Å². The molecule has 108 valence electrons. The summed E-state index contributed by atoms with van der Waals surface area (Å²) in [6, 6.07) is 9.09. The lowest BCUT2D eigenvalue weighted by Crippen LogP contribution is -2.13. The number of aromatic amines is 1. The summed E-state index contributed by atoms with van der Waals surface area (Å²) in [5.41, 5.74) is 1.73. The van der Waals surface area contributed by atoms with Crippen LogP contribution < -0.4 is 10.3 Å². The van der Waals surface area contributed by atoms with Crippen molar-refractivity contribution in [2.75, 3.05) is 12.5 Å². The first kappa shape index (κ1) is 14.7. The molecule has 0 spiro atoms. The van der Waals surface area contributed by atoms with E-state index in [0.717, 1.165) is 36.4 Å². The molecule has 0 atom stereocenters. The monoisotopic (exact) mass is 294 g/mol. The van der Waals surface area contributed by atoms with E-state index < -0.39 is 0 Å². The van der Waals surface area contributed by atoms with Gasteiger partial charge in [0.1, 0.15) is 5.75 Å². The first-order valence-corrected chi connectivity index (χ1v) is 7.38. The molecule has 4 nitrogen and oxygen atoms in total. The summed E-state index contributed by atoms with van der Waals surface area (Å²) in [6.07, 6.45) is 2.70. The van der Waals surface area contributed by atoms with Crippen LogP contribution in [-0.4, -0.2) is 22.3 Å². The number of nitrogens with zero attached hydrogens (tertiary/aromatic N) is 1. The highest BCUT2D eigenvalue weighted by atomic mass is 35.5. The molecule has 1 heterocycles. The van der Waals surface area contributed by atoms with E-state index in [1.54, 1.807) is 10.7 Å². The van der Waals surface area contributed by atoms with Gasteiger partial charge < -0.3 is 4.74 Å². The van der Waals surface area contributed by atoms with Gasteiger partial charge in [0, 0.05) is 17.6 Å². The third kappa shape index (κ3) is 3.67. The highest BCUT2D eigenvalue weighted by molar-refractivity contribution is 6.17. The van der Waals surface area contributed by atoms with E-state index in [1.807, 2.05) is 24.3 Å². The largest absolute Gasteiger partial charge is 0.494 e. The number of hydrogen-bond donors (Lipinski definition) is 1. The third-order valence-corrected chi connectivity index (χ3v) is 3.20. The minimum absolute atomic E-state index is 0.0377. The lowest BCUT2D eigenvalue weighted by Gasteiger charge is -2.06. The average Bonchev–Trinajstić information content (AvgIpc) is 2.81. The SMILES string of the molecule is CCCc1cc(=O)n(-c2ccc(OCCCCl)cc2)[nH]1. The maximum absolute atomic E-state index is 11.9. The number of hydrogen-bond acceptors (Lipinski definition) is 2. The molecule has 2 aromatic rings. The van der Waals surface area contributed by atoms with Gasteiger partial charge in [0.25, 0.3) is 5.56 Å². The Morgan fingerprint density at radius 3 is 2.70 bits per heavy atom. The molecule has 0 aliphatic heterocycles. The van der Waals surface area contributed by atoms with Gasteiger partial charge in [0.2, 0.25) is 0 Å². The lowest BCUT2D eigenvalue weighted by atomic mass is 10.3. The standard InChI is InChI=1S/C15H19ClN2O2/c1-2-4-12-11-15(19)18(17-12)13-5-7-14(8-6-13)20-10-3-9-16/h5-8,11,17H,2-4,9-10H2,1H3. The number of rotatable bonds is 7. The number of benzene rings is 1. The summed E-state index contributed by atoms with van der Waals surface area (Å²) in [5.74, 6) is 1.38. The zero-order valence-electron chi connectivity index (χ0n) is 11.6. The number of alkyl halides is 1. The van der Waals surface area contributed by atoms with Crippen molar-refractivity contribution in [1.29, 1.82) is 0 Å². The highest BCUT2D eigenvalue weighted by Gasteiger charge is 2.04. The molecule has 0 aliphatic carbocycles. The van der Waals surface area contributed by atoms with Gasteiger partial charge >= 0.3 is 0 Å². The second-order valence-electron chi connectivity index (χ2n) is 4.59. The molecule has 0 amide bonds. The molecule has 0 saturated carbocycles. The quantitative estimate of drug-likeness (QED) is 0.630. The predicted molar refractivity (Wildman–Crippen MR) is 81.2 cm³/mol. The maximum atomic E-state index is 11.9. The number of aromatic nitrogens is 2. The van der Waals surface area contributed by atoms with Crippen LogP contribution in [0.1, 0.15) is 25.5 Å². The second kappa shape index (κ2) is 7.20. The average molecular weight is 295 g/mol. The van der Waals surface area contributed by atoms with E-state index >= 15 is 0 Å². The van der Waals surface area contributed by atoms with E-state index in [9.17, 15) is 4.79 Å². The Morgan fingerprint density at radius 2 is 2.05 bits per heavy atom. The van der Waals surface area contributed by atoms with Gasteiger partial charge in [-0.05, 0) is 37.1 Å². The Bertz CT molecular complexity index is 587. The minimum atomic E-state index is -0.0377. The second-order valence-corrected chi connectivity index (χ2v) is 4.97. The van der Waals surface area contributed by atoms with Gasteiger partial charge in [0.15, 0.2) is 0 Å². The van der Waals surface area contributed by atoms with E-state index in [1.165, 1.54) is 0 Å². The molecule has 0 radical (unpaired) electrons. The summed E-state index contributed by atoms with van der Waals surface area (Å²) < 4.78 is 7.08. The first-order valence-electron chi connectivity index (χ1n) is 6.84. The summed E-state index contributed by atoms with van der Waals surface area (Å²) in [7, 11) is 0. The molecule has 1 N–H and O–H groups in total. The molecule has 2 rings (SSSR count). The molecule has 0 bridgehead atoms. The summed E-state index contributed by atoms with van der Waals surface area (Å²) in [4.78, 5) is 11.9. The van der Waals surface area contributed by atoms with Crippen LogP contribution in [0.3, 0.4) is 0 Å². The smallest absolute Gasteiger partial charge is 0.271 e. The van der Waals surface area contributed by atoms with Crippen molar-refractivity contribution in [3.63, 3.8) is 0 Å². The van der Waals surface area contributed by atoms with Gasteiger partial charge in [-0.2, -0.15) is 0 Å². The number of H-pyrrole nitrogens is 1. The van der Waals surface area contributed by atoms with Crippen molar-refractivity contribution in [3.8, 4) is 11.4 Å². The van der Waals surface area contributed by atoms with Crippen LogP contribution in [0.15, 0.2) is 35.1 Å². The molecule has 1 aromatic heterocycles. The normalized spacial score (nSPS) is 10.7. The fraction of sp³-hybridized carbons (Fsp3) is 0.400. The van der Waals surface area contributed by atoms with Crippen LogP contribution in [0.2, 0.25) is 0 Å². The van der Waals surface area contributed by atoms with Crippen LogP contribution in [-0.2, 0) is 6.42 Å². The molecule has 20 heavy (non-hydrogen) atoms. The van der Waals surface area contributed by atoms with E-state index in [4.69, 9.17) is 16.3 Å². The summed E-state index contributed by atoms with van der Waals surface area (Å²) in [6.45, 7) is 2.69. The van der Waals surface area contributed by atoms with Crippen molar-refractivity contribution in [3.05, 3.63) is 46.4 Å². The molecular formula is C15H19ClN2O2. The van der Waals surface area contributed by atoms with Gasteiger partial charge in [-0.15, -0.1) is 11.6 Å². The Morgan fingerprint density at radius 1 is 1.30 bits per heavy atom. The van der Waals surface area contributed by atoms with Gasteiger partial charge in [-0.3, -0.25) is 9.89 Å². The topological polar surface area (TPSA) is 47.0 Å². The minimum Gasteiger partial charge on any atom is -0.494 e. The van der Waals surface area contributed by atoms with Gasteiger partial charge in [-0.1, -0.05) is 13.3 Å². The van der Waals surface area contributed by atoms with Crippen LogP contribution in [0.5, 0.6) is 5.75 Å². The Balaban J connectivity index is 2.11.